The molecule has 0 spiro atoms. The SMILES string of the molecule is COC1(c2noc(CCCCl)n2)CCC1. The predicted molar refractivity (Wildman–Crippen MR) is 55.9 cm³/mol. The topological polar surface area (TPSA) is 48.2 Å². The fourth-order valence-electron chi connectivity index (χ4n) is 1.78. The van der Waals surface area contributed by atoms with E-state index in [1.54, 1.807) is 7.11 Å². The number of rotatable bonds is 5. The number of halogens is 1. The van der Waals surface area contributed by atoms with Crippen LogP contribution in [0.15, 0.2) is 4.52 Å². The highest BCUT2D eigenvalue weighted by molar-refractivity contribution is 6.17. The average molecular weight is 231 g/mol. The molecule has 1 aliphatic carbocycles. The molecule has 0 amide bonds. The highest BCUT2D eigenvalue weighted by atomic mass is 35.5. The summed E-state index contributed by atoms with van der Waals surface area (Å²) in [7, 11) is 1.70. The van der Waals surface area contributed by atoms with Gasteiger partial charge in [-0.3, -0.25) is 0 Å². The Hall–Kier alpha value is -0.610. The van der Waals surface area contributed by atoms with Crippen LogP contribution >= 0.6 is 11.6 Å². The van der Waals surface area contributed by atoms with Crippen molar-refractivity contribution in [2.75, 3.05) is 13.0 Å². The van der Waals surface area contributed by atoms with Crippen LogP contribution in [0.5, 0.6) is 0 Å². The molecule has 0 atom stereocenters. The van der Waals surface area contributed by atoms with Crippen LogP contribution in [-0.2, 0) is 16.8 Å². The molecular formula is C10H15ClN2O2. The van der Waals surface area contributed by atoms with Crippen molar-refractivity contribution in [2.24, 2.45) is 0 Å². The van der Waals surface area contributed by atoms with Crippen LogP contribution in [0.4, 0.5) is 0 Å². The molecule has 0 unspecified atom stereocenters. The second-order valence-corrected chi connectivity index (χ2v) is 4.23. The molecule has 1 aromatic heterocycles. The van der Waals surface area contributed by atoms with Crippen molar-refractivity contribution >= 4 is 11.6 Å². The van der Waals surface area contributed by atoms with Crippen LogP contribution in [0.1, 0.15) is 37.4 Å². The molecule has 5 heteroatoms. The number of nitrogens with zero attached hydrogens (tertiary/aromatic N) is 2. The monoisotopic (exact) mass is 230 g/mol. The summed E-state index contributed by atoms with van der Waals surface area (Å²) in [5.41, 5.74) is -0.275. The minimum Gasteiger partial charge on any atom is -0.370 e. The predicted octanol–water partition coefficient (Wildman–Crippen LogP) is 2.27. The Bertz CT molecular complexity index is 317. The van der Waals surface area contributed by atoms with Crippen LogP contribution in [0.25, 0.3) is 0 Å². The van der Waals surface area contributed by atoms with Gasteiger partial charge in [0, 0.05) is 19.4 Å². The molecule has 1 aromatic rings. The number of ether oxygens (including phenoxy) is 1. The molecule has 1 aliphatic rings. The largest absolute Gasteiger partial charge is 0.370 e. The number of methoxy groups -OCH3 is 1. The van der Waals surface area contributed by atoms with Gasteiger partial charge in [-0.25, -0.2) is 0 Å². The van der Waals surface area contributed by atoms with E-state index < -0.39 is 0 Å². The van der Waals surface area contributed by atoms with E-state index in [4.69, 9.17) is 20.9 Å². The van der Waals surface area contributed by atoms with Crippen LogP contribution in [-0.4, -0.2) is 23.1 Å². The molecule has 1 saturated carbocycles. The number of aryl methyl sites for hydroxylation is 1. The molecule has 1 fully saturated rings. The Labute approximate surface area is 93.9 Å². The van der Waals surface area contributed by atoms with Crippen molar-refractivity contribution in [2.45, 2.75) is 37.7 Å². The lowest BCUT2D eigenvalue weighted by Crippen LogP contribution is -2.37. The van der Waals surface area contributed by atoms with Crippen molar-refractivity contribution in [3.63, 3.8) is 0 Å². The van der Waals surface area contributed by atoms with Gasteiger partial charge in [0.15, 0.2) is 0 Å². The molecule has 4 nitrogen and oxygen atoms in total. The molecule has 0 aliphatic heterocycles. The summed E-state index contributed by atoms with van der Waals surface area (Å²) in [6.45, 7) is 0. The van der Waals surface area contributed by atoms with Gasteiger partial charge in [-0.2, -0.15) is 4.98 Å². The molecule has 2 rings (SSSR count). The lowest BCUT2D eigenvalue weighted by atomic mass is 9.79. The highest BCUT2D eigenvalue weighted by Gasteiger charge is 2.43. The molecule has 0 aromatic carbocycles. The second kappa shape index (κ2) is 4.49. The van der Waals surface area contributed by atoms with Crippen molar-refractivity contribution in [1.29, 1.82) is 0 Å². The summed E-state index contributed by atoms with van der Waals surface area (Å²) >= 11 is 5.60. The zero-order valence-corrected chi connectivity index (χ0v) is 9.59. The van der Waals surface area contributed by atoms with Gasteiger partial charge < -0.3 is 9.26 Å². The Kier molecular flexibility index (Phi) is 3.26. The van der Waals surface area contributed by atoms with Gasteiger partial charge in [0.2, 0.25) is 11.7 Å². The van der Waals surface area contributed by atoms with Gasteiger partial charge in [0.1, 0.15) is 5.60 Å². The van der Waals surface area contributed by atoms with Crippen molar-refractivity contribution in [3.05, 3.63) is 11.7 Å². The quantitative estimate of drug-likeness (QED) is 0.728. The third kappa shape index (κ3) is 2.01. The smallest absolute Gasteiger partial charge is 0.226 e. The van der Waals surface area contributed by atoms with Gasteiger partial charge in [0.05, 0.1) is 0 Å². The van der Waals surface area contributed by atoms with E-state index in [0.29, 0.717) is 17.6 Å². The minimum atomic E-state index is -0.275. The molecule has 0 bridgehead atoms. The van der Waals surface area contributed by atoms with E-state index >= 15 is 0 Å². The third-order valence-corrected chi connectivity index (χ3v) is 3.22. The maximum Gasteiger partial charge on any atom is 0.226 e. The van der Waals surface area contributed by atoms with Crippen LogP contribution < -0.4 is 0 Å². The molecular weight excluding hydrogens is 216 g/mol. The summed E-state index contributed by atoms with van der Waals surface area (Å²) in [4.78, 5) is 4.35. The van der Waals surface area contributed by atoms with E-state index in [9.17, 15) is 0 Å². The molecule has 0 saturated heterocycles. The highest BCUT2D eigenvalue weighted by Crippen LogP contribution is 2.42. The Balaban J connectivity index is 2.05. The molecule has 0 radical (unpaired) electrons. The van der Waals surface area contributed by atoms with Gasteiger partial charge in [-0.1, -0.05) is 5.16 Å². The maximum absolute atomic E-state index is 5.60. The summed E-state index contributed by atoms with van der Waals surface area (Å²) < 4.78 is 10.6. The summed E-state index contributed by atoms with van der Waals surface area (Å²) in [6, 6.07) is 0. The van der Waals surface area contributed by atoms with E-state index in [-0.39, 0.29) is 5.60 Å². The number of aromatic nitrogens is 2. The van der Waals surface area contributed by atoms with Gasteiger partial charge in [0.25, 0.3) is 0 Å². The first kappa shape index (κ1) is 10.9. The van der Waals surface area contributed by atoms with Crippen molar-refractivity contribution in [1.82, 2.24) is 10.1 Å². The van der Waals surface area contributed by atoms with Crippen molar-refractivity contribution < 1.29 is 9.26 Å². The summed E-state index contributed by atoms with van der Waals surface area (Å²) in [5.74, 6) is 1.97. The van der Waals surface area contributed by atoms with Crippen LogP contribution in [0.3, 0.4) is 0 Å². The Morgan fingerprint density at radius 2 is 2.33 bits per heavy atom. The number of hydrogen-bond donors (Lipinski definition) is 0. The Morgan fingerprint density at radius 3 is 2.87 bits per heavy atom. The first-order valence-corrected chi connectivity index (χ1v) is 5.78. The maximum atomic E-state index is 5.60. The zero-order valence-electron chi connectivity index (χ0n) is 8.83. The van der Waals surface area contributed by atoms with E-state index in [1.165, 1.54) is 6.42 Å². The van der Waals surface area contributed by atoms with Gasteiger partial charge in [-0.15, -0.1) is 11.6 Å². The normalized spacial score (nSPS) is 18.8. The molecule has 84 valence electrons. The standard InChI is InChI=1S/C10H15ClN2O2/c1-14-10(5-3-6-10)9-12-8(15-13-9)4-2-7-11/h2-7H2,1H3. The minimum absolute atomic E-state index is 0.275. The summed E-state index contributed by atoms with van der Waals surface area (Å²) in [6.07, 6.45) is 4.74. The number of hydrogen-bond acceptors (Lipinski definition) is 4. The van der Waals surface area contributed by atoms with E-state index in [1.807, 2.05) is 0 Å². The molecule has 15 heavy (non-hydrogen) atoms. The lowest BCUT2D eigenvalue weighted by molar-refractivity contribution is -0.0858. The fourth-order valence-corrected chi connectivity index (χ4v) is 1.91. The van der Waals surface area contributed by atoms with Gasteiger partial charge >= 0.3 is 0 Å². The number of alkyl halides is 1. The fraction of sp³-hybridized carbons (Fsp3) is 0.800. The zero-order chi connectivity index (χ0) is 10.7. The van der Waals surface area contributed by atoms with Crippen LogP contribution in [0.2, 0.25) is 0 Å². The first-order valence-electron chi connectivity index (χ1n) is 5.25. The average Bonchev–Trinajstić information content (AvgIpc) is 2.63. The third-order valence-electron chi connectivity index (χ3n) is 2.95. The summed E-state index contributed by atoms with van der Waals surface area (Å²) in [5, 5.41) is 3.98. The van der Waals surface area contributed by atoms with Gasteiger partial charge in [-0.05, 0) is 25.7 Å². The Morgan fingerprint density at radius 1 is 1.53 bits per heavy atom. The second-order valence-electron chi connectivity index (χ2n) is 3.86. The molecule has 1 heterocycles. The first-order chi connectivity index (χ1) is 7.30. The van der Waals surface area contributed by atoms with Crippen LogP contribution in [0, 0.1) is 0 Å². The van der Waals surface area contributed by atoms with E-state index in [0.717, 1.165) is 25.7 Å². The van der Waals surface area contributed by atoms with E-state index in [2.05, 4.69) is 10.1 Å². The lowest BCUT2D eigenvalue weighted by Gasteiger charge is -2.37. The van der Waals surface area contributed by atoms with Crippen molar-refractivity contribution in [3.8, 4) is 0 Å². The molecule has 0 N–H and O–H groups in total.